The molecule has 0 radical (unpaired) electrons. The minimum atomic E-state index is -0.873. The van der Waals surface area contributed by atoms with E-state index in [1.807, 2.05) is 195 Å². The van der Waals surface area contributed by atoms with Crippen LogP contribution in [0.2, 0.25) is 0 Å². The van der Waals surface area contributed by atoms with E-state index in [9.17, 15) is 67.1 Å². The monoisotopic (exact) mass is 1950 g/mol. The summed E-state index contributed by atoms with van der Waals surface area (Å²) in [6.07, 6.45) is 22.3. The summed E-state index contributed by atoms with van der Waals surface area (Å²) in [5.74, 6) is 0.0451. The molecule has 11 fully saturated rings. The molecule has 0 bridgehead atoms. The Kier molecular flexibility index (Phi) is 43.4. The van der Waals surface area contributed by atoms with Crippen molar-refractivity contribution in [1.82, 2.24) is 21.3 Å². The molecular weight excluding hydrogens is 1790 g/mol. The van der Waals surface area contributed by atoms with Crippen molar-refractivity contribution in [3.63, 3.8) is 0 Å². The van der Waals surface area contributed by atoms with Gasteiger partial charge in [-0.1, -0.05) is 298 Å². The Morgan fingerprint density at radius 3 is 0.709 bits per heavy atom. The standard InChI is InChI=1S/2C23H31NO4.2C19H25NO3.C13H16O2.C7H12O2.C6H11NO2.C4H8O2/c2*1-15(2)20(25)13-18(11-17-9-10-17)22(27)24-19(21(26)23(3)14-28-23)12-16-7-5-4-6-8-16;2*1-13(10-15-8-9-15)18(22)20-16(17(21)19(2)12-23-19)11-14-6-4-3-5-7-14;1-10(12(14)13(2)9-15-13)8-11-6-4-3-5-7-11;1-5(7(8)9)4-6-2-3-6;7-5(6(8)9)3-4-1-2-4;1-3(2)4(5)6/h2*4-8,15,17-19H,9-14H2,1-3H3,(H,24,27);2*3-7,13,15-16H,8-12H2,1-2H3,(H,20,22);3-7,10H,8-9H2,1-2H3;5-6H,2-4H2,1H3,(H,8,9);4-5H,1-3,7H2,(H,8,9);3H,1-2H3,(H,5,6)/t2*18-,19+,23-;2*13-,16-,19+;10-,13+;2*5-;/m1100000./s1. The van der Waals surface area contributed by atoms with Gasteiger partial charge in [0.25, 0.3) is 0 Å². The number of carbonyl (C=O) groups excluding carboxylic acids is 11. The number of carboxylic acids is 3. The molecular formula is C114H159N5O22. The van der Waals surface area contributed by atoms with Gasteiger partial charge in [0, 0.05) is 54.3 Å². The summed E-state index contributed by atoms with van der Waals surface area (Å²) < 4.78 is 26.4. The minimum absolute atomic E-state index is 0.0181. The number of aliphatic carboxylic acids is 3. The van der Waals surface area contributed by atoms with Gasteiger partial charge in [-0.15, -0.1) is 0 Å². The number of carbonyl (C=O) groups is 14. The summed E-state index contributed by atoms with van der Waals surface area (Å²) in [5, 5.41) is 36.7. The first-order valence-electron chi connectivity index (χ1n) is 51.5. The molecule has 141 heavy (non-hydrogen) atoms. The van der Waals surface area contributed by atoms with Crippen LogP contribution in [0.4, 0.5) is 0 Å². The average Bonchev–Trinajstić information content (AvgIpc) is 1.65. The van der Waals surface area contributed by atoms with Crippen molar-refractivity contribution >= 4 is 82.0 Å². The molecule has 27 heteroatoms. The molecule has 27 nitrogen and oxygen atoms in total. The molecule has 5 aromatic carbocycles. The van der Waals surface area contributed by atoms with Crippen LogP contribution in [0.15, 0.2) is 152 Å². The van der Waals surface area contributed by atoms with E-state index in [1.54, 1.807) is 48.5 Å². The van der Waals surface area contributed by atoms with Gasteiger partial charge < -0.3 is 66.0 Å². The van der Waals surface area contributed by atoms with E-state index in [-0.39, 0.29) is 130 Å². The number of hydrogen-bond donors (Lipinski definition) is 8. The van der Waals surface area contributed by atoms with Crippen LogP contribution in [-0.2, 0) is 123 Å². The van der Waals surface area contributed by atoms with E-state index < -0.39 is 76.1 Å². The topological polar surface area (TPSA) is 436 Å². The number of ether oxygens (including phenoxy) is 5. The van der Waals surface area contributed by atoms with Gasteiger partial charge in [-0.3, -0.25) is 67.1 Å². The highest BCUT2D eigenvalue weighted by Gasteiger charge is 2.55. The maximum atomic E-state index is 13.1. The molecule has 5 aliphatic heterocycles. The molecule has 0 spiro atoms. The highest BCUT2D eigenvalue weighted by atomic mass is 16.6. The van der Waals surface area contributed by atoms with Crippen LogP contribution in [0.25, 0.3) is 0 Å². The van der Waals surface area contributed by atoms with Gasteiger partial charge in [0.05, 0.1) is 69.0 Å². The van der Waals surface area contributed by atoms with E-state index >= 15 is 0 Å². The minimum Gasteiger partial charge on any atom is -0.481 e. The lowest BCUT2D eigenvalue weighted by Crippen LogP contribution is -2.49. The Hall–Kier alpha value is -10.2. The Bertz CT molecular complexity index is 4670. The van der Waals surface area contributed by atoms with E-state index in [0.29, 0.717) is 94.7 Å². The molecule has 0 unspecified atom stereocenters. The zero-order valence-electron chi connectivity index (χ0n) is 85.9. The van der Waals surface area contributed by atoms with Gasteiger partial charge in [-0.05, 0) is 169 Å². The van der Waals surface area contributed by atoms with E-state index in [2.05, 4.69) is 33.4 Å². The molecule has 772 valence electrons. The van der Waals surface area contributed by atoms with Crippen molar-refractivity contribution in [3.8, 4) is 0 Å². The summed E-state index contributed by atoms with van der Waals surface area (Å²) in [5.41, 5.74) is 7.03. The molecule has 5 aromatic rings. The number of benzene rings is 5. The summed E-state index contributed by atoms with van der Waals surface area (Å²) in [6.45, 7) is 29.7. The van der Waals surface area contributed by atoms with Crippen LogP contribution in [0.5, 0.6) is 0 Å². The lowest BCUT2D eigenvalue weighted by atomic mass is 9.89. The van der Waals surface area contributed by atoms with E-state index in [4.69, 9.17) is 44.7 Å². The van der Waals surface area contributed by atoms with Gasteiger partial charge in [0.1, 0.15) is 45.6 Å². The zero-order valence-corrected chi connectivity index (χ0v) is 85.9. The number of rotatable bonds is 49. The smallest absolute Gasteiger partial charge is 0.320 e. The molecule has 4 amide bonds. The Morgan fingerprint density at radius 2 is 0.496 bits per heavy atom. The highest BCUT2D eigenvalue weighted by Crippen LogP contribution is 2.42. The number of amides is 4. The van der Waals surface area contributed by atoms with Crippen molar-refractivity contribution in [3.05, 3.63) is 179 Å². The third-order valence-corrected chi connectivity index (χ3v) is 28.1. The predicted molar refractivity (Wildman–Crippen MR) is 538 cm³/mol. The van der Waals surface area contributed by atoms with Crippen LogP contribution in [0.3, 0.4) is 0 Å². The number of nitrogens with one attached hydrogen (secondary N) is 4. The van der Waals surface area contributed by atoms with Gasteiger partial charge >= 0.3 is 17.9 Å². The lowest BCUT2D eigenvalue weighted by Gasteiger charge is -2.23. The van der Waals surface area contributed by atoms with Crippen LogP contribution >= 0.6 is 0 Å². The first kappa shape index (κ1) is 114. The van der Waals surface area contributed by atoms with E-state index in [0.717, 1.165) is 92.4 Å². The molecule has 11 aliphatic rings. The first-order valence-corrected chi connectivity index (χ1v) is 51.5. The largest absolute Gasteiger partial charge is 0.481 e. The summed E-state index contributed by atoms with van der Waals surface area (Å²) in [6, 6.07) is 46.1. The normalized spacial score (nSPS) is 23.4. The fourth-order valence-corrected chi connectivity index (χ4v) is 16.5. The number of Topliss-reactive ketones (excluding diaryl/α,β-unsaturated/α-hetero) is 7. The van der Waals surface area contributed by atoms with Gasteiger partial charge in [-0.2, -0.15) is 0 Å². The lowest BCUT2D eigenvalue weighted by molar-refractivity contribution is -0.142. The quantitative estimate of drug-likeness (QED) is 0.0168. The van der Waals surface area contributed by atoms with Crippen molar-refractivity contribution in [1.29, 1.82) is 0 Å². The average molecular weight is 1950 g/mol. The first-order chi connectivity index (χ1) is 66.7. The van der Waals surface area contributed by atoms with Crippen molar-refractivity contribution < 1.29 is 106 Å². The maximum absolute atomic E-state index is 13.1. The summed E-state index contributed by atoms with van der Waals surface area (Å²) in [7, 11) is 0. The number of hydrogen-bond acceptors (Lipinski definition) is 20. The number of epoxide rings is 5. The Morgan fingerprint density at radius 1 is 0.284 bits per heavy atom. The predicted octanol–water partition coefficient (Wildman–Crippen LogP) is 15.9. The maximum Gasteiger partial charge on any atom is 0.320 e. The van der Waals surface area contributed by atoms with Crippen molar-refractivity contribution in [2.24, 2.45) is 94.5 Å². The Labute approximate surface area is 834 Å². The molecule has 6 saturated carbocycles. The molecule has 16 atom stereocenters. The summed E-state index contributed by atoms with van der Waals surface area (Å²) in [4.78, 5) is 169. The Balaban J connectivity index is 0.000000187. The van der Waals surface area contributed by atoms with E-state index in [1.165, 1.54) is 56.9 Å². The number of nitrogens with two attached hydrogens (primary N) is 1. The fraction of sp³-hybridized carbons (Fsp3) is 0.614. The van der Waals surface area contributed by atoms with Crippen LogP contribution < -0.4 is 27.0 Å². The SMILES string of the molecule is CC(C)C(=O)C[C@@H](CC1CC1)C(=O)N[C@@H](Cc1ccccc1)C(=O)[C@@]1(C)CO1.CC(C)C(=O)C[C@@H](CC1CC1)C(=O)N[C@@H](Cc1ccccc1)C(=O)[C@@]1(C)CO1.CC(C)C(=O)O.C[C@@H](CC1CC1)C(=O)N[C@@H](Cc1ccccc1)C(=O)[C@@]1(C)CO1.C[C@@H](CC1CC1)C(=O)N[C@@H](Cc1ccccc1)C(=O)[C@@]1(C)CO1.C[C@@H](CC1CC1)C(=O)O.C[C@@H](Cc1ccccc1)C(=O)[C@@]1(C)CO1.N[C@@H](CC1CC1)C(=O)O. The second kappa shape index (κ2) is 53.4. The van der Waals surface area contributed by atoms with Crippen LogP contribution in [0.1, 0.15) is 260 Å². The second-order valence-electron chi connectivity index (χ2n) is 43.6. The zero-order chi connectivity index (χ0) is 103. The molecule has 5 saturated heterocycles. The number of ketones is 7. The van der Waals surface area contributed by atoms with Crippen LogP contribution in [-0.4, -0.2) is 189 Å². The molecule has 6 aliphatic carbocycles. The van der Waals surface area contributed by atoms with Crippen molar-refractivity contribution in [2.75, 3.05) is 33.0 Å². The van der Waals surface area contributed by atoms with Gasteiger partial charge in [0.2, 0.25) is 23.6 Å². The molecule has 9 N–H and O–H groups in total. The number of carboxylic acid groups (broad SMARTS) is 3. The molecule has 5 heterocycles. The van der Waals surface area contributed by atoms with Crippen molar-refractivity contribution in [2.45, 2.75) is 323 Å². The van der Waals surface area contributed by atoms with Gasteiger partial charge in [0.15, 0.2) is 28.9 Å². The molecule has 16 rings (SSSR count). The third kappa shape index (κ3) is 41.2. The highest BCUT2D eigenvalue weighted by molar-refractivity contribution is 6.00. The van der Waals surface area contributed by atoms with Crippen LogP contribution in [0, 0.1) is 88.8 Å². The second-order valence-corrected chi connectivity index (χ2v) is 43.6. The van der Waals surface area contributed by atoms with Gasteiger partial charge in [-0.25, -0.2) is 0 Å². The molecule has 0 aromatic heterocycles. The fourth-order valence-electron chi connectivity index (χ4n) is 16.5. The summed E-state index contributed by atoms with van der Waals surface area (Å²) >= 11 is 0. The third-order valence-electron chi connectivity index (χ3n) is 28.1.